The van der Waals surface area contributed by atoms with Gasteiger partial charge >= 0.3 is 12.2 Å². The van der Waals surface area contributed by atoms with Crippen LogP contribution in [0.5, 0.6) is 0 Å². The van der Waals surface area contributed by atoms with Crippen LogP contribution in [0.25, 0.3) is 10.2 Å². The van der Waals surface area contributed by atoms with E-state index in [4.69, 9.17) is 0 Å². The fourth-order valence-corrected chi connectivity index (χ4v) is 2.99. The fraction of sp³-hybridized carbons (Fsp3) is 0.200. The zero-order chi connectivity index (χ0) is 14.0. The number of carbonyl (C=O) groups is 1. The molecule has 0 saturated heterocycles. The second-order valence-electron chi connectivity index (χ2n) is 3.44. The number of hydrogen-bond donors (Lipinski definition) is 2. The number of aromatic nitrogens is 1. The average Bonchev–Trinajstić information content (AvgIpc) is 2.76. The number of hydrogen-bond acceptors (Lipinski definition) is 4. The smallest absolute Gasteiger partial charge is 0.341 e. The van der Waals surface area contributed by atoms with Gasteiger partial charge in [-0.15, -0.1) is 11.3 Å². The fourth-order valence-electron chi connectivity index (χ4n) is 1.26. The number of urea groups is 1. The van der Waals surface area contributed by atoms with Gasteiger partial charge in [-0.05, 0) is 18.2 Å². The molecule has 9 heteroatoms. The SMILES string of the molecule is CNC(=O)NSc1nc2ccc(C(F)(F)F)cc2s1. The summed E-state index contributed by atoms with van der Waals surface area (Å²) in [7, 11) is 1.46. The van der Waals surface area contributed by atoms with Crippen molar-refractivity contribution in [2.45, 2.75) is 10.5 Å². The Hall–Kier alpha value is -1.48. The van der Waals surface area contributed by atoms with E-state index in [1.54, 1.807) is 0 Å². The maximum Gasteiger partial charge on any atom is 0.416 e. The summed E-state index contributed by atoms with van der Waals surface area (Å²) < 4.78 is 41.0. The van der Waals surface area contributed by atoms with E-state index in [1.165, 1.54) is 13.1 Å². The molecule has 2 N–H and O–H groups in total. The molecule has 0 aliphatic heterocycles. The third-order valence-corrected chi connectivity index (χ3v) is 4.02. The van der Waals surface area contributed by atoms with Crippen LogP contribution in [0.4, 0.5) is 18.0 Å². The molecular formula is C10H8F3N3OS2. The Morgan fingerprint density at radius 3 is 2.79 bits per heavy atom. The Morgan fingerprint density at radius 2 is 2.16 bits per heavy atom. The molecule has 0 unspecified atom stereocenters. The first kappa shape index (κ1) is 13.9. The first-order valence-corrected chi connectivity index (χ1v) is 6.66. The molecule has 0 radical (unpaired) electrons. The van der Waals surface area contributed by atoms with E-state index in [-0.39, 0.29) is 0 Å². The molecule has 1 heterocycles. The van der Waals surface area contributed by atoms with Crippen molar-refractivity contribution >= 4 is 39.5 Å². The Morgan fingerprint density at radius 1 is 1.42 bits per heavy atom. The van der Waals surface area contributed by atoms with Crippen LogP contribution in [0, 0.1) is 0 Å². The summed E-state index contributed by atoms with van der Waals surface area (Å²) in [5.41, 5.74) is -0.237. The zero-order valence-electron chi connectivity index (χ0n) is 9.54. The maximum atomic E-state index is 12.5. The van der Waals surface area contributed by atoms with Crippen molar-refractivity contribution in [1.82, 2.24) is 15.0 Å². The summed E-state index contributed by atoms with van der Waals surface area (Å²) in [6.07, 6.45) is -4.37. The van der Waals surface area contributed by atoms with Gasteiger partial charge in [0.25, 0.3) is 0 Å². The largest absolute Gasteiger partial charge is 0.416 e. The number of fused-ring (bicyclic) bond motifs is 1. The van der Waals surface area contributed by atoms with E-state index in [1.807, 2.05) is 0 Å². The number of alkyl halides is 3. The van der Waals surface area contributed by atoms with Crippen LogP contribution in [0.2, 0.25) is 0 Å². The number of carbonyl (C=O) groups excluding carboxylic acids is 1. The topological polar surface area (TPSA) is 54.0 Å². The van der Waals surface area contributed by atoms with Crippen molar-refractivity contribution in [2.75, 3.05) is 7.05 Å². The lowest BCUT2D eigenvalue weighted by Gasteiger charge is -2.04. The van der Waals surface area contributed by atoms with Crippen LogP contribution < -0.4 is 10.0 Å². The first-order chi connectivity index (χ1) is 8.90. The summed E-state index contributed by atoms with van der Waals surface area (Å²) >= 11 is 2.05. The second-order valence-corrected chi connectivity index (χ2v) is 5.53. The third-order valence-electron chi connectivity index (χ3n) is 2.15. The molecule has 4 nitrogen and oxygen atoms in total. The highest BCUT2D eigenvalue weighted by Gasteiger charge is 2.30. The van der Waals surface area contributed by atoms with Gasteiger partial charge in [0.05, 0.1) is 15.8 Å². The second kappa shape index (κ2) is 5.25. The molecule has 0 bridgehead atoms. The van der Waals surface area contributed by atoms with Crippen LogP contribution in [0.1, 0.15) is 5.56 Å². The maximum absolute atomic E-state index is 12.5. The summed E-state index contributed by atoms with van der Waals surface area (Å²) in [5.74, 6) is 0. The molecule has 2 aromatic rings. The molecule has 0 aliphatic rings. The monoisotopic (exact) mass is 307 g/mol. The number of nitrogens with zero attached hydrogens (tertiary/aromatic N) is 1. The van der Waals surface area contributed by atoms with E-state index in [0.717, 1.165) is 35.4 Å². The Balaban J connectivity index is 2.23. The normalized spacial score (nSPS) is 11.6. The van der Waals surface area contributed by atoms with Crippen molar-refractivity contribution in [1.29, 1.82) is 0 Å². The first-order valence-electron chi connectivity index (χ1n) is 5.02. The molecular weight excluding hydrogens is 299 g/mol. The quantitative estimate of drug-likeness (QED) is 0.837. The van der Waals surface area contributed by atoms with E-state index in [0.29, 0.717) is 14.6 Å². The van der Waals surface area contributed by atoms with E-state index < -0.39 is 17.8 Å². The van der Waals surface area contributed by atoms with Crippen LogP contribution in [-0.2, 0) is 6.18 Å². The van der Waals surface area contributed by atoms with Crippen LogP contribution >= 0.6 is 23.3 Å². The Kier molecular flexibility index (Phi) is 3.85. The molecule has 102 valence electrons. The number of nitrogens with one attached hydrogen (secondary N) is 2. The Bertz CT molecular complexity index is 612. The molecule has 2 amide bonds. The lowest BCUT2D eigenvalue weighted by Crippen LogP contribution is -2.27. The number of rotatable bonds is 2. The standard InChI is InChI=1S/C10H8F3N3OS2/c1-14-8(17)16-19-9-15-6-3-2-5(10(11,12)13)4-7(6)18-9/h2-4H,1H3,(H2,14,16,17). The number of thiazole rings is 1. The predicted octanol–water partition coefficient (Wildman–Crippen LogP) is 3.25. The van der Waals surface area contributed by atoms with Crippen molar-refractivity contribution in [3.63, 3.8) is 0 Å². The number of amides is 2. The van der Waals surface area contributed by atoms with Gasteiger partial charge in [0.2, 0.25) is 0 Å². The number of benzene rings is 1. The predicted molar refractivity (Wildman–Crippen MR) is 68.1 cm³/mol. The Labute approximate surface area is 114 Å². The minimum atomic E-state index is -4.37. The minimum Gasteiger partial charge on any atom is -0.341 e. The van der Waals surface area contributed by atoms with Crippen molar-refractivity contribution < 1.29 is 18.0 Å². The van der Waals surface area contributed by atoms with E-state index in [9.17, 15) is 18.0 Å². The van der Waals surface area contributed by atoms with Gasteiger partial charge < -0.3 is 5.32 Å². The van der Waals surface area contributed by atoms with Gasteiger partial charge in [0.15, 0.2) is 4.34 Å². The molecule has 1 aromatic carbocycles. The molecule has 0 spiro atoms. The highest BCUT2D eigenvalue weighted by Crippen LogP contribution is 2.34. The van der Waals surface area contributed by atoms with E-state index in [2.05, 4.69) is 15.0 Å². The van der Waals surface area contributed by atoms with Gasteiger partial charge in [0, 0.05) is 19.0 Å². The molecule has 1 aromatic heterocycles. The highest BCUT2D eigenvalue weighted by atomic mass is 32.2. The van der Waals surface area contributed by atoms with Crippen LogP contribution in [0.3, 0.4) is 0 Å². The zero-order valence-corrected chi connectivity index (χ0v) is 11.2. The summed E-state index contributed by atoms with van der Waals surface area (Å²) in [4.78, 5) is 15.1. The van der Waals surface area contributed by atoms with Crippen molar-refractivity contribution in [3.8, 4) is 0 Å². The van der Waals surface area contributed by atoms with Crippen LogP contribution in [-0.4, -0.2) is 18.1 Å². The summed E-state index contributed by atoms with van der Waals surface area (Å²) in [6.45, 7) is 0. The molecule has 0 aliphatic carbocycles. The van der Waals surface area contributed by atoms with Gasteiger partial charge in [-0.2, -0.15) is 13.2 Å². The molecule has 0 fully saturated rings. The van der Waals surface area contributed by atoms with Gasteiger partial charge in [-0.3, -0.25) is 4.72 Å². The van der Waals surface area contributed by atoms with Gasteiger partial charge in [-0.25, -0.2) is 9.78 Å². The molecule has 0 saturated carbocycles. The van der Waals surface area contributed by atoms with Crippen LogP contribution in [0.15, 0.2) is 22.5 Å². The number of halogens is 3. The molecule has 19 heavy (non-hydrogen) atoms. The van der Waals surface area contributed by atoms with Gasteiger partial charge in [-0.1, -0.05) is 0 Å². The summed E-state index contributed by atoms with van der Waals surface area (Å²) in [5, 5.41) is 2.36. The molecule has 2 rings (SSSR count). The van der Waals surface area contributed by atoms with Gasteiger partial charge in [0.1, 0.15) is 0 Å². The summed E-state index contributed by atoms with van der Waals surface area (Å²) in [6, 6.07) is 2.96. The van der Waals surface area contributed by atoms with E-state index >= 15 is 0 Å². The van der Waals surface area contributed by atoms with Crippen molar-refractivity contribution in [3.05, 3.63) is 23.8 Å². The average molecular weight is 307 g/mol. The third kappa shape index (κ3) is 3.29. The molecule has 0 atom stereocenters. The lowest BCUT2D eigenvalue weighted by molar-refractivity contribution is -0.137. The van der Waals surface area contributed by atoms with Crippen molar-refractivity contribution in [2.24, 2.45) is 0 Å². The highest BCUT2D eigenvalue weighted by molar-refractivity contribution is 7.99. The lowest BCUT2D eigenvalue weighted by atomic mass is 10.2. The minimum absolute atomic E-state index is 0.403.